The first-order valence-corrected chi connectivity index (χ1v) is 4.27. The predicted molar refractivity (Wildman–Crippen MR) is 50.2 cm³/mol. The number of fused-ring (bicyclic) bond motifs is 1. The second-order valence-electron chi connectivity index (χ2n) is 3.92. The van der Waals surface area contributed by atoms with Crippen molar-refractivity contribution in [2.24, 2.45) is 5.41 Å². The van der Waals surface area contributed by atoms with Crippen molar-refractivity contribution in [2.45, 2.75) is 19.9 Å². The molecule has 0 radical (unpaired) electrons. The molecule has 1 aliphatic heterocycles. The van der Waals surface area contributed by atoms with Gasteiger partial charge in [-0.2, -0.15) is 0 Å². The Hall–Kier alpha value is -1.02. The van der Waals surface area contributed by atoms with E-state index in [-0.39, 0.29) is 5.41 Å². The van der Waals surface area contributed by atoms with Crippen molar-refractivity contribution in [1.82, 2.24) is 10.9 Å². The summed E-state index contributed by atoms with van der Waals surface area (Å²) in [5.41, 5.74) is 7.65. The quantitative estimate of drug-likeness (QED) is 0.527. The van der Waals surface area contributed by atoms with Gasteiger partial charge >= 0.3 is 0 Å². The van der Waals surface area contributed by atoms with Crippen LogP contribution in [0.5, 0.6) is 0 Å². The van der Waals surface area contributed by atoms with Crippen LogP contribution in [-0.4, -0.2) is 6.04 Å². The minimum Gasteiger partial charge on any atom is -0.328 e. The van der Waals surface area contributed by atoms with Crippen molar-refractivity contribution in [3.05, 3.63) is 36.1 Å². The Kier molecular flexibility index (Phi) is 1.58. The molecule has 0 bridgehead atoms. The highest BCUT2D eigenvalue weighted by Gasteiger charge is 2.19. The summed E-state index contributed by atoms with van der Waals surface area (Å²) in [5.74, 6) is 0. The molecule has 1 unspecified atom stereocenters. The maximum absolute atomic E-state index is 3.16. The zero-order valence-corrected chi connectivity index (χ0v) is 7.46. The second kappa shape index (κ2) is 2.49. The monoisotopic (exact) mass is 162 g/mol. The van der Waals surface area contributed by atoms with E-state index in [2.05, 4.69) is 49.0 Å². The molecule has 1 heterocycles. The highest BCUT2D eigenvalue weighted by atomic mass is 15.4. The van der Waals surface area contributed by atoms with Crippen LogP contribution in [0.25, 0.3) is 0 Å². The third kappa shape index (κ3) is 1.30. The highest BCUT2D eigenvalue weighted by Crippen LogP contribution is 2.25. The first-order chi connectivity index (χ1) is 5.67. The molecule has 2 rings (SSSR count). The Labute approximate surface area is 73.0 Å². The fourth-order valence-electron chi connectivity index (χ4n) is 1.41. The van der Waals surface area contributed by atoms with Crippen LogP contribution in [0, 0.1) is 5.41 Å². The van der Waals surface area contributed by atoms with Gasteiger partial charge in [-0.1, -0.05) is 38.2 Å². The van der Waals surface area contributed by atoms with Crippen LogP contribution in [0.15, 0.2) is 36.1 Å². The lowest BCUT2D eigenvalue weighted by Crippen LogP contribution is -2.29. The fourth-order valence-corrected chi connectivity index (χ4v) is 1.41. The minimum atomic E-state index is 0.187. The normalized spacial score (nSPS) is 30.5. The summed E-state index contributed by atoms with van der Waals surface area (Å²) < 4.78 is 0. The Morgan fingerprint density at radius 3 is 3.00 bits per heavy atom. The molecule has 2 N–H and O–H groups in total. The zero-order chi connectivity index (χ0) is 8.60. The summed E-state index contributed by atoms with van der Waals surface area (Å²) in [6.45, 7) is 4.41. The minimum absolute atomic E-state index is 0.187. The Morgan fingerprint density at radius 1 is 1.33 bits per heavy atom. The van der Waals surface area contributed by atoms with Gasteiger partial charge in [-0.05, 0) is 5.57 Å². The van der Waals surface area contributed by atoms with E-state index >= 15 is 0 Å². The van der Waals surface area contributed by atoms with Gasteiger partial charge in [0.1, 0.15) is 0 Å². The van der Waals surface area contributed by atoms with Crippen molar-refractivity contribution < 1.29 is 0 Å². The van der Waals surface area contributed by atoms with E-state index in [1.165, 1.54) is 5.57 Å². The highest BCUT2D eigenvalue weighted by molar-refractivity contribution is 5.36. The second-order valence-corrected chi connectivity index (χ2v) is 3.92. The van der Waals surface area contributed by atoms with E-state index in [1.54, 1.807) is 0 Å². The SMILES string of the molecule is CC1(C)C=CC2=CNNC2C=C1. The maximum atomic E-state index is 3.16. The molecule has 12 heavy (non-hydrogen) atoms. The molecular weight excluding hydrogens is 148 g/mol. The number of hydrogen-bond acceptors (Lipinski definition) is 2. The maximum Gasteiger partial charge on any atom is 0.0705 e. The molecule has 0 aromatic carbocycles. The van der Waals surface area contributed by atoms with E-state index in [4.69, 9.17) is 0 Å². The van der Waals surface area contributed by atoms with Gasteiger partial charge in [-0.15, -0.1) is 0 Å². The molecule has 0 aromatic heterocycles. The number of rotatable bonds is 0. The summed E-state index contributed by atoms with van der Waals surface area (Å²) in [7, 11) is 0. The lowest BCUT2D eigenvalue weighted by atomic mass is 9.93. The molecule has 0 saturated carbocycles. The van der Waals surface area contributed by atoms with E-state index in [0.29, 0.717) is 6.04 Å². The van der Waals surface area contributed by atoms with E-state index in [1.807, 2.05) is 6.20 Å². The standard InChI is InChI=1S/C10H14N2/c1-10(2)5-3-8-7-11-12-9(8)4-6-10/h3-7,9,11-12H,1-2H3. The lowest BCUT2D eigenvalue weighted by Gasteiger charge is -2.12. The van der Waals surface area contributed by atoms with Crippen LogP contribution in [-0.2, 0) is 0 Å². The number of nitrogens with one attached hydrogen (secondary N) is 2. The molecule has 0 saturated heterocycles. The smallest absolute Gasteiger partial charge is 0.0705 e. The van der Waals surface area contributed by atoms with Gasteiger partial charge in [0.15, 0.2) is 0 Å². The number of hydrazine groups is 1. The van der Waals surface area contributed by atoms with Gasteiger partial charge in [-0.3, -0.25) is 0 Å². The van der Waals surface area contributed by atoms with E-state index in [0.717, 1.165) is 0 Å². The largest absolute Gasteiger partial charge is 0.328 e. The van der Waals surface area contributed by atoms with Gasteiger partial charge < -0.3 is 5.43 Å². The van der Waals surface area contributed by atoms with Gasteiger partial charge in [0.2, 0.25) is 0 Å². The summed E-state index contributed by atoms with van der Waals surface area (Å²) >= 11 is 0. The van der Waals surface area contributed by atoms with Crippen LogP contribution < -0.4 is 10.9 Å². The van der Waals surface area contributed by atoms with Gasteiger partial charge in [0, 0.05) is 11.6 Å². The summed E-state index contributed by atoms with van der Waals surface area (Å²) in [6, 6.07) is 0.350. The molecule has 2 nitrogen and oxygen atoms in total. The van der Waals surface area contributed by atoms with Crippen LogP contribution in [0.2, 0.25) is 0 Å². The van der Waals surface area contributed by atoms with Crippen molar-refractivity contribution >= 4 is 0 Å². The molecule has 2 heteroatoms. The molecule has 1 aliphatic carbocycles. The Bertz CT molecular complexity index is 272. The van der Waals surface area contributed by atoms with Gasteiger partial charge in [0.05, 0.1) is 6.04 Å². The van der Waals surface area contributed by atoms with Crippen molar-refractivity contribution in [1.29, 1.82) is 0 Å². The first-order valence-electron chi connectivity index (χ1n) is 4.27. The molecule has 0 aromatic rings. The molecular formula is C10H14N2. The number of allylic oxidation sites excluding steroid dienone is 2. The van der Waals surface area contributed by atoms with E-state index in [9.17, 15) is 0 Å². The van der Waals surface area contributed by atoms with Gasteiger partial charge in [0.25, 0.3) is 0 Å². The third-order valence-electron chi connectivity index (χ3n) is 2.26. The van der Waals surface area contributed by atoms with Crippen molar-refractivity contribution in [3.8, 4) is 0 Å². The van der Waals surface area contributed by atoms with Crippen molar-refractivity contribution in [3.63, 3.8) is 0 Å². The molecule has 0 spiro atoms. The Balaban J connectivity index is 2.33. The molecule has 1 atom stereocenters. The molecule has 0 amide bonds. The Morgan fingerprint density at radius 2 is 2.17 bits per heavy atom. The average molecular weight is 162 g/mol. The van der Waals surface area contributed by atoms with E-state index < -0.39 is 0 Å². The van der Waals surface area contributed by atoms with Crippen molar-refractivity contribution in [2.75, 3.05) is 0 Å². The van der Waals surface area contributed by atoms with Gasteiger partial charge in [-0.25, -0.2) is 5.43 Å². The molecule has 2 aliphatic rings. The third-order valence-corrected chi connectivity index (χ3v) is 2.26. The molecule has 64 valence electrons. The first kappa shape index (κ1) is 7.62. The fraction of sp³-hybridized carbons (Fsp3) is 0.400. The lowest BCUT2D eigenvalue weighted by molar-refractivity contribution is 0.615. The van der Waals surface area contributed by atoms with Crippen LogP contribution in [0.3, 0.4) is 0 Å². The van der Waals surface area contributed by atoms with Crippen LogP contribution in [0.4, 0.5) is 0 Å². The predicted octanol–water partition coefficient (Wildman–Crippen LogP) is 1.50. The topological polar surface area (TPSA) is 24.1 Å². The summed E-state index contributed by atoms with van der Waals surface area (Å²) in [6.07, 6.45) is 10.8. The summed E-state index contributed by atoms with van der Waals surface area (Å²) in [5, 5.41) is 0. The van der Waals surface area contributed by atoms with Crippen LogP contribution >= 0.6 is 0 Å². The zero-order valence-electron chi connectivity index (χ0n) is 7.46. The average Bonchev–Trinajstić information content (AvgIpc) is 2.40. The summed E-state index contributed by atoms with van der Waals surface area (Å²) in [4.78, 5) is 0. The molecule has 0 fully saturated rings. The number of hydrogen-bond donors (Lipinski definition) is 2. The van der Waals surface area contributed by atoms with Crippen LogP contribution in [0.1, 0.15) is 13.8 Å².